The Labute approximate surface area is 125 Å². The molecule has 1 saturated heterocycles. The number of piperidine rings is 1. The van der Waals surface area contributed by atoms with Crippen molar-refractivity contribution >= 4 is 21.6 Å². The number of hydrogen-bond acceptors (Lipinski definition) is 4. The van der Waals surface area contributed by atoms with Crippen LogP contribution in [0.1, 0.15) is 19.3 Å². The zero-order chi connectivity index (χ0) is 15.5. The van der Waals surface area contributed by atoms with Gasteiger partial charge in [0.1, 0.15) is 11.8 Å². The third-order valence-electron chi connectivity index (χ3n) is 3.55. The molecule has 1 unspecified atom stereocenters. The number of carbonyl (C=O) groups excluding carboxylic acids is 1. The van der Waals surface area contributed by atoms with Crippen molar-refractivity contribution in [1.82, 2.24) is 4.31 Å². The number of benzene rings is 1. The summed E-state index contributed by atoms with van der Waals surface area (Å²) in [6, 6.07) is 6.40. The molecule has 1 amide bonds. The van der Waals surface area contributed by atoms with Crippen LogP contribution in [0.2, 0.25) is 0 Å². The first kappa shape index (κ1) is 15.8. The number of amides is 1. The first-order valence-electron chi connectivity index (χ1n) is 6.84. The van der Waals surface area contributed by atoms with E-state index in [2.05, 4.69) is 5.32 Å². The summed E-state index contributed by atoms with van der Waals surface area (Å²) in [4.78, 5) is 12.4. The van der Waals surface area contributed by atoms with E-state index in [-0.39, 0.29) is 5.91 Å². The fraction of sp³-hybridized carbons (Fsp3) is 0.500. The van der Waals surface area contributed by atoms with Gasteiger partial charge in [-0.25, -0.2) is 8.42 Å². The van der Waals surface area contributed by atoms with Crippen LogP contribution in [-0.2, 0) is 14.8 Å². The molecule has 1 N–H and O–H groups in total. The van der Waals surface area contributed by atoms with E-state index in [9.17, 15) is 13.2 Å². The normalized spacial score (nSPS) is 20.0. The Balaban J connectivity index is 2.18. The van der Waals surface area contributed by atoms with E-state index in [1.54, 1.807) is 24.3 Å². The summed E-state index contributed by atoms with van der Waals surface area (Å²) >= 11 is 0. The Kier molecular flexibility index (Phi) is 4.84. The smallest absolute Gasteiger partial charge is 0.242 e. The van der Waals surface area contributed by atoms with Gasteiger partial charge in [0.15, 0.2) is 0 Å². The van der Waals surface area contributed by atoms with E-state index in [0.717, 1.165) is 19.1 Å². The van der Waals surface area contributed by atoms with Crippen LogP contribution in [-0.4, -0.2) is 44.6 Å². The van der Waals surface area contributed by atoms with Gasteiger partial charge in [-0.05, 0) is 25.0 Å². The summed E-state index contributed by atoms with van der Waals surface area (Å²) in [6.45, 7) is 0.392. The summed E-state index contributed by atoms with van der Waals surface area (Å²) < 4.78 is 30.1. The standard InChI is InChI=1S/C14H20N2O4S/c1-20-13-9-4-3-7-11(13)15-14(17)12-8-5-6-10-16(12)21(2,18)19/h3-4,7,9,12H,5-6,8,10H2,1-2H3,(H,15,17). The number of para-hydroxylation sites is 2. The van der Waals surface area contributed by atoms with Gasteiger partial charge in [0.25, 0.3) is 0 Å². The third-order valence-corrected chi connectivity index (χ3v) is 4.84. The monoisotopic (exact) mass is 312 g/mol. The van der Waals surface area contributed by atoms with Crippen molar-refractivity contribution in [2.45, 2.75) is 25.3 Å². The van der Waals surface area contributed by atoms with E-state index in [1.165, 1.54) is 11.4 Å². The van der Waals surface area contributed by atoms with Crippen molar-refractivity contribution < 1.29 is 17.9 Å². The van der Waals surface area contributed by atoms with Gasteiger partial charge in [0.05, 0.1) is 19.1 Å². The van der Waals surface area contributed by atoms with Gasteiger partial charge in [-0.1, -0.05) is 18.6 Å². The minimum Gasteiger partial charge on any atom is -0.495 e. The molecule has 0 aliphatic carbocycles. The molecule has 1 fully saturated rings. The van der Waals surface area contributed by atoms with Crippen LogP contribution >= 0.6 is 0 Å². The number of nitrogens with zero attached hydrogens (tertiary/aromatic N) is 1. The first-order valence-corrected chi connectivity index (χ1v) is 8.69. The first-order chi connectivity index (χ1) is 9.93. The lowest BCUT2D eigenvalue weighted by Gasteiger charge is -2.32. The SMILES string of the molecule is COc1ccccc1NC(=O)C1CCCCN1S(C)(=O)=O. The van der Waals surface area contributed by atoms with Gasteiger partial charge in [0.2, 0.25) is 15.9 Å². The summed E-state index contributed by atoms with van der Waals surface area (Å²) in [5, 5.41) is 2.76. The molecular weight excluding hydrogens is 292 g/mol. The molecule has 0 bridgehead atoms. The molecule has 7 heteroatoms. The van der Waals surface area contributed by atoms with Gasteiger partial charge in [-0.15, -0.1) is 0 Å². The zero-order valence-corrected chi connectivity index (χ0v) is 13.0. The molecule has 116 valence electrons. The van der Waals surface area contributed by atoms with Crippen LogP contribution in [0.15, 0.2) is 24.3 Å². The average Bonchev–Trinajstić information content (AvgIpc) is 2.47. The second kappa shape index (κ2) is 6.44. The quantitative estimate of drug-likeness (QED) is 0.913. The Morgan fingerprint density at radius 2 is 2.05 bits per heavy atom. The predicted octanol–water partition coefficient (Wildman–Crippen LogP) is 1.45. The largest absolute Gasteiger partial charge is 0.495 e. The van der Waals surface area contributed by atoms with E-state index in [1.807, 2.05) is 0 Å². The maximum absolute atomic E-state index is 12.4. The van der Waals surface area contributed by atoms with Crippen molar-refractivity contribution in [2.75, 3.05) is 25.2 Å². The Hall–Kier alpha value is -1.60. The number of rotatable bonds is 4. The van der Waals surface area contributed by atoms with Crippen LogP contribution in [0.4, 0.5) is 5.69 Å². The highest BCUT2D eigenvalue weighted by atomic mass is 32.2. The molecule has 1 aromatic carbocycles. The number of carbonyl (C=O) groups is 1. The summed E-state index contributed by atoms with van der Waals surface area (Å²) in [6.07, 6.45) is 3.30. The topological polar surface area (TPSA) is 75.7 Å². The van der Waals surface area contributed by atoms with Crippen molar-refractivity contribution in [2.24, 2.45) is 0 Å². The molecule has 21 heavy (non-hydrogen) atoms. The average molecular weight is 312 g/mol. The molecule has 1 aliphatic heterocycles. The lowest BCUT2D eigenvalue weighted by Crippen LogP contribution is -2.49. The highest BCUT2D eigenvalue weighted by Gasteiger charge is 2.34. The molecule has 2 rings (SSSR count). The van der Waals surface area contributed by atoms with Gasteiger partial charge in [-0.3, -0.25) is 4.79 Å². The van der Waals surface area contributed by atoms with E-state index < -0.39 is 16.1 Å². The van der Waals surface area contributed by atoms with E-state index >= 15 is 0 Å². The molecule has 6 nitrogen and oxygen atoms in total. The molecule has 1 heterocycles. The van der Waals surface area contributed by atoms with Gasteiger partial charge in [0, 0.05) is 6.54 Å². The molecule has 1 aromatic rings. The summed E-state index contributed by atoms with van der Waals surface area (Å²) in [5.41, 5.74) is 0.545. The van der Waals surface area contributed by atoms with Crippen molar-refractivity contribution in [3.05, 3.63) is 24.3 Å². The molecular formula is C14H20N2O4S. The second-order valence-corrected chi connectivity index (χ2v) is 7.01. The lowest BCUT2D eigenvalue weighted by molar-refractivity contribution is -0.120. The van der Waals surface area contributed by atoms with Gasteiger partial charge >= 0.3 is 0 Å². The van der Waals surface area contributed by atoms with Crippen molar-refractivity contribution in [1.29, 1.82) is 0 Å². The fourth-order valence-electron chi connectivity index (χ4n) is 2.53. The Bertz CT molecular complexity index is 615. The molecule has 1 atom stereocenters. The predicted molar refractivity (Wildman–Crippen MR) is 80.8 cm³/mol. The third kappa shape index (κ3) is 3.74. The molecule has 1 aliphatic rings. The van der Waals surface area contributed by atoms with Crippen LogP contribution in [0, 0.1) is 0 Å². The summed E-state index contributed by atoms with van der Waals surface area (Å²) in [7, 11) is -1.86. The van der Waals surface area contributed by atoms with Crippen LogP contribution in [0.25, 0.3) is 0 Å². The lowest BCUT2D eigenvalue weighted by atomic mass is 10.0. The van der Waals surface area contributed by atoms with Crippen LogP contribution in [0.5, 0.6) is 5.75 Å². The van der Waals surface area contributed by atoms with Crippen LogP contribution < -0.4 is 10.1 Å². The number of nitrogens with one attached hydrogen (secondary N) is 1. The maximum atomic E-state index is 12.4. The number of hydrogen-bond donors (Lipinski definition) is 1. The minimum absolute atomic E-state index is 0.315. The van der Waals surface area contributed by atoms with E-state index in [0.29, 0.717) is 24.4 Å². The zero-order valence-electron chi connectivity index (χ0n) is 12.2. The maximum Gasteiger partial charge on any atom is 0.242 e. The van der Waals surface area contributed by atoms with Crippen molar-refractivity contribution in [3.63, 3.8) is 0 Å². The highest BCUT2D eigenvalue weighted by Crippen LogP contribution is 2.26. The van der Waals surface area contributed by atoms with Gasteiger partial charge < -0.3 is 10.1 Å². The van der Waals surface area contributed by atoms with Crippen molar-refractivity contribution in [3.8, 4) is 5.75 Å². The molecule has 0 saturated carbocycles. The fourth-order valence-corrected chi connectivity index (χ4v) is 3.65. The Morgan fingerprint density at radius 3 is 2.71 bits per heavy atom. The second-order valence-electron chi connectivity index (χ2n) is 5.07. The summed E-state index contributed by atoms with van der Waals surface area (Å²) in [5.74, 6) is 0.234. The number of anilines is 1. The van der Waals surface area contributed by atoms with Gasteiger partial charge in [-0.2, -0.15) is 4.31 Å². The van der Waals surface area contributed by atoms with E-state index in [4.69, 9.17) is 4.74 Å². The molecule has 0 spiro atoms. The van der Waals surface area contributed by atoms with Crippen LogP contribution in [0.3, 0.4) is 0 Å². The minimum atomic E-state index is -3.39. The highest BCUT2D eigenvalue weighted by molar-refractivity contribution is 7.88. The Morgan fingerprint density at radius 1 is 1.33 bits per heavy atom. The number of sulfonamides is 1. The molecule has 0 aromatic heterocycles. The number of methoxy groups -OCH3 is 1. The molecule has 0 radical (unpaired) electrons. The number of ether oxygens (including phenoxy) is 1.